The second-order valence-corrected chi connectivity index (χ2v) is 6.85. The predicted octanol–water partition coefficient (Wildman–Crippen LogP) is 4.35. The average molecular weight is 326 g/mol. The van der Waals surface area contributed by atoms with Crippen molar-refractivity contribution in [3.8, 4) is 0 Å². The Hall–Kier alpha value is -1.03. The van der Waals surface area contributed by atoms with Gasteiger partial charge in [0, 0.05) is 4.47 Å². The van der Waals surface area contributed by atoms with Crippen LogP contribution < -0.4 is 5.32 Å². The molecular formula is C15H20BrNO2. The molecule has 1 aromatic carbocycles. The molecule has 104 valence electrons. The van der Waals surface area contributed by atoms with E-state index in [1.54, 1.807) is 0 Å². The number of halogens is 1. The number of benzene rings is 1. The van der Waals surface area contributed by atoms with Crippen molar-refractivity contribution < 1.29 is 9.53 Å². The van der Waals surface area contributed by atoms with Gasteiger partial charge < -0.3 is 10.1 Å². The second-order valence-electron chi connectivity index (χ2n) is 5.93. The van der Waals surface area contributed by atoms with Crippen LogP contribution in [-0.4, -0.2) is 11.7 Å². The van der Waals surface area contributed by atoms with E-state index in [2.05, 4.69) is 33.4 Å². The van der Waals surface area contributed by atoms with Crippen molar-refractivity contribution in [2.45, 2.75) is 51.7 Å². The van der Waals surface area contributed by atoms with Gasteiger partial charge in [0.25, 0.3) is 0 Å². The lowest BCUT2D eigenvalue weighted by atomic mass is 9.88. The normalized spacial score (nSPS) is 18.6. The summed E-state index contributed by atoms with van der Waals surface area (Å²) in [5, 5.41) is 2.97. The fourth-order valence-corrected chi connectivity index (χ4v) is 2.79. The number of nitrogens with one attached hydrogen (secondary N) is 1. The summed E-state index contributed by atoms with van der Waals surface area (Å²) in [5.41, 5.74) is 2.06. The molecule has 2 rings (SSSR count). The van der Waals surface area contributed by atoms with Crippen LogP contribution in [0, 0.1) is 0 Å². The van der Waals surface area contributed by atoms with E-state index in [-0.39, 0.29) is 12.1 Å². The maximum absolute atomic E-state index is 11.9. The molecule has 0 heterocycles. The zero-order valence-electron chi connectivity index (χ0n) is 11.6. The van der Waals surface area contributed by atoms with Crippen LogP contribution in [-0.2, 0) is 11.2 Å². The molecule has 0 bridgehead atoms. The van der Waals surface area contributed by atoms with Gasteiger partial charge in [0.2, 0.25) is 0 Å². The van der Waals surface area contributed by atoms with Crippen LogP contribution in [0.1, 0.15) is 50.8 Å². The van der Waals surface area contributed by atoms with Gasteiger partial charge in [-0.15, -0.1) is 0 Å². The monoisotopic (exact) mass is 325 g/mol. The third-order valence-electron chi connectivity index (χ3n) is 3.11. The van der Waals surface area contributed by atoms with Crippen molar-refractivity contribution in [3.05, 3.63) is 33.8 Å². The van der Waals surface area contributed by atoms with E-state index >= 15 is 0 Å². The second kappa shape index (κ2) is 5.53. The van der Waals surface area contributed by atoms with E-state index in [0.717, 1.165) is 23.7 Å². The first-order valence-corrected chi connectivity index (χ1v) is 7.42. The maximum atomic E-state index is 11.9. The fraction of sp³-hybridized carbons (Fsp3) is 0.533. The highest BCUT2D eigenvalue weighted by molar-refractivity contribution is 9.10. The Bertz CT molecular complexity index is 480. The molecule has 4 heteroatoms. The van der Waals surface area contributed by atoms with Crippen LogP contribution in [0.3, 0.4) is 0 Å². The molecule has 0 saturated heterocycles. The molecule has 1 aliphatic rings. The number of carbonyl (C=O) groups excluding carboxylic acids is 1. The molecule has 0 aromatic heterocycles. The molecule has 3 nitrogen and oxygen atoms in total. The van der Waals surface area contributed by atoms with Crippen molar-refractivity contribution in [3.63, 3.8) is 0 Å². The minimum absolute atomic E-state index is 0.0618. The molecule has 1 amide bonds. The van der Waals surface area contributed by atoms with Crippen LogP contribution in [0.5, 0.6) is 0 Å². The number of hydrogen-bond donors (Lipinski definition) is 1. The number of ether oxygens (including phenoxy) is 1. The van der Waals surface area contributed by atoms with Crippen LogP contribution >= 0.6 is 15.9 Å². The van der Waals surface area contributed by atoms with Crippen LogP contribution in [0.2, 0.25) is 0 Å². The highest BCUT2D eigenvalue weighted by Crippen LogP contribution is 2.31. The maximum Gasteiger partial charge on any atom is 0.408 e. The summed E-state index contributed by atoms with van der Waals surface area (Å²) >= 11 is 3.49. The quantitative estimate of drug-likeness (QED) is 0.833. The number of amides is 1. The van der Waals surface area contributed by atoms with Crippen molar-refractivity contribution in [1.29, 1.82) is 0 Å². The summed E-state index contributed by atoms with van der Waals surface area (Å²) in [6.07, 6.45) is 2.78. The standard InChI is InChI=1S/C15H20BrNO2/c1-15(2,3)19-14(18)17-13-6-4-5-10-9-11(16)7-8-12(10)13/h7-9,13H,4-6H2,1-3H3,(H,17,18). The molecule has 0 radical (unpaired) electrons. The first kappa shape index (κ1) is 14.4. The Labute approximate surface area is 122 Å². The summed E-state index contributed by atoms with van der Waals surface area (Å²) in [7, 11) is 0. The third kappa shape index (κ3) is 3.96. The number of hydrogen-bond acceptors (Lipinski definition) is 2. The predicted molar refractivity (Wildman–Crippen MR) is 79.2 cm³/mol. The molecule has 0 spiro atoms. The van der Waals surface area contributed by atoms with Gasteiger partial charge in [-0.05, 0) is 63.3 Å². The van der Waals surface area contributed by atoms with Crippen molar-refractivity contribution >= 4 is 22.0 Å². The first-order chi connectivity index (χ1) is 8.85. The molecule has 1 N–H and O–H groups in total. The van der Waals surface area contributed by atoms with E-state index in [1.807, 2.05) is 26.8 Å². The zero-order chi connectivity index (χ0) is 14.0. The lowest BCUT2D eigenvalue weighted by molar-refractivity contribution is 0.0498. The van der Waals surface area contributed by atoms with Crippen LogP contribution in [0.15, 0.2) is 22.7 Å². The summed E-state index contributed by atoms with van der Waals surface area (Å²) in [6, 6.07) is 6.30. The van der Waals surface area contributed by atoms with Gasteiger partial charge in [0.05, 0.1) is 6.04 Å². The van der Waals surface area contributed by atoms with E-state index in [0.29, 0.717) is 0 Å². The number of alkyl carbamates (subject to hydrolysis) is 1. The van der Waals surface area contributed by atoms with Gasteiger partial charge in [-0.25, -0.2) is 4.79 Å². The zero-order valence-corrected chi connectivity index (χ0v) is 13.2. The lowest BCUT2D eigenvalue weighted by Gasteiger charge is -2.28. The van der Waals surface area contributed by atoms with Crippen molar-refractivity contribution in [2.24, 2.45) is 0 Å². The molecule has 0 fully saturated rings. The number of rotatable bonds is 1. The van der Waals surface area contributed by atoms with E-state index < -0.39 is 5.60 Å². The Morgan fingerprint density at radius 3 is 2.84 bits per heavy atom. The van der Waals surface area contributed by atoms with Gasteiger partial charge in [-0.2, -0.15) is 0 Å². The number of aryl methyl sites for hydroxylation is 1. The SMILES string of the molecule is CC(C)(C)OC(=O)NC1CCCc2cc(Br)ccc21. The van der Waals surface area contributed by atoms with E-state index in [9.17, 15) is 4.79 Å². The highest BCUT2D eigenvalue weighted by atomic mass is 79.9. The topological polar surface area (TPSA) is 38.3 Å². The lowest BCUT2D eigenvalue weighted by Crippen LogP contribution is -2.36. The fourth-order valence-electron chi connectivity index (χ4n) is 2.38. The Morgan fingerprint density at radius 1 is 1.42 bits per heavy atom. The summed E-state index contributed by atoms with van der Waals surface area (Å²) in [4.78, 5) is 11.9. The Kier molecular flexibility index (Phi) is 4.19. The van der Waals surface area contributed by atoms with Gasteiger partial charge in [-0.1, -0.05) is 22.0 Å². The number of carbonyl (C=O) groups is 1. The smallest absolute Gasteiger partial charge is 0.408 e. The van der Waals surface area contributed by atoms with Gasteiger partial charge in [-0.3, -0.25) is 0 Å². The minimum Gasteiger partial charge on any atom is -0.444 e. The molecule has 19 heavy (non-hydrogen) atoms. The third-order valence-corrected chi connectivity index (χ3v) is 3.60. The van der Waals surface area contributed by atoms with Crippen molar-refractivity contribution in [1.82, 2.24) is 5.32 Å². The molecule has 0 saturated carbocycles. The van der Waals surface area contributed by atoms with Gasteiger partial charge >= 0.3 is 6.09 Å². The van der Waals surface area contributed by atoms with Crippen molar-refractivity contribution in [2.75, 3.05) is 0 Å². The Morgan fingerprint density at radius 2 is 2.16 bits per heavy atom. The molecular weight excluding hydrogens is 306 g/mol. The molecule has 1 aliphatic carbocycles. The molecule has 1 unspecified atom stereocenters. The summed E-state index contributed by atoms with van der Waals surface area (Å²) < 4.78 is 6.41. The summed E-state index contributed by atoms with van der Waals surface area (Å²) in [6.45, 7) is 5.62. The highest BCUT2D eigenvalue weighted by Gasteiger charge is 2.24. The van der Waals surface area contributed by atoms with E-state index in [4.69, 9.17) is 4.74 Å². The van der Waals surface area contributed by atoms with Gasteiger partial charge in [0.1, 0.15) is 5.60 Å². The number of fused-ring (bicyclic) bond motifs is 1. The van der Waals surface area contributed by atoms with E-state index in [1.165, 1.54) is 11.1 Å². The average Bonchev–Trinajstić information content (AvgIpc) is 2.26. The van der Waals surface area contributed by atoms with Crippen LogP contribution in [0.4, 0.5) is 4.79 Å². The van der Waals surface area contributed by atoms with Gasteiger partial charge in [0.15, 0.2) is 0 Å². The Balaban J connectivity index is 2.09. The molecule has 1 aromatic rings. The summed E-state index contributed by atoms with van der Waals surface area (Å²) in [5.74, 6) is 0. The molecule has 1 atom stereocenters. The first-order valence-electron chi connectivity index (χ1n) is 6.63. The minimum atomic E-state index is -0.457. The largest absolute Gasteiger partial charge is 0.444 e. The molecule has 0 aliphatic heterocycles. The van der Waals surface area contributed by atoms with Crippen LogP contribution in [0.25, 0.3) is 0 Å².